The molecule has 2 heterocycles. The van der Waals surface area contributed by atoms with Gasteiger partial charge in [0.1, 0.15) is 6.10 Å². The second-order valence-corrected chi connectivity index (χ2v) is 7.58. The third-order valence-corrected chi connectivity index (χ3v) is 5.81. The van der Waals surface area contributed by atoms with E-state index in [9.17, 15) is 13.2 Å². The van der Waals surface area contributed by atoms with Gasteiger partial charge in [-0.1, -0.05) is 18.2 Å². The van der Waals surface area contributed by atoms with Crippen molar-refractivity contribution < 1.29 is 17.9 Å². The monoisotopic (exact) mass is 346 g/mol. The number of sulfonamides is 1. The van der Waals surface area contributed by atoms with Crippen LogP contribution in [-0.4, -0.2) is 42.7 Å². The van der Waals surface area contributed by atoms with Gasteiger partial charge in [0.25, 0.3) is 0 Å². The summed E-state index contributed by atoms with van der Waals surface area (Å²) in [7, 11) is -3.58. The van der Waals surface area contributed by atoms with Crippen molar-refractivity contribution in [2.75, 3.05) is 13.1 Å². The van der Waals surface area contributed by atoms with E-state index in [1.54, 1.807) is 18.3 Å². The number of Topliss-reactive ketones (excluding diaryl/α,β-unsaturated/α-hetero) is 1. The van der Waals surface area contributed by atoms with Gasteiger partial charge < -0.3 is 4.74 Å². The Morgan fingerprint density at radius 1 is 1.21 bits per heavy atom. The number of ketones is 1. The number of nitrogens with zero attached hydrogens (tertiary/aromatic N) is 2. The average molecular weight is 346 g/mol. The lowest BCUT2D eigenvalue weighted by molar-refractivity contribution is 0.101. The van der Waals surface area contributed by atoms with Crippen molar-refractivity contribution in [3.05, 3.63) is 54.2 Å². The maximum absolute atomic E-state index is 12.7. The fraction of sp³-hybridized carbons (Fsp3) is 0.294. The minimum absolute atomic E-state index is 0.0936. The molecule has 0 amide bonds. The van der Waals surface area contributed by atoms with Crippen molar-refractivity contribution >= 4 is 15.8 Å². The zero-order valence-corrected chi connectivity index (χ0v) is 14.1. The highest BCUT2D eigenvalue weighted by Gasteiger charge is 2.33. The fourth-order valence-corrected chi connectivity index (χ4v) is 4.10. The highest BCUT2D eigenvalue weighted by molar-refractivity contribution is 7.89. The highest BCUT2D eigenvalue weighted by atomic mass is 32.2. The van der Waals surface area contributed by atoms with E-state index in [0.29, 0.717) is 24.4 Å². The van der Waals surface area contributed by atoms with Gasteiger partial charge in [0.05, 0.1) is 11.4 Å². The molecule has 0 N–H and O–H groups in total. The molecule has 1 atom stereocenters. The maximum Gasteiger partial charge on any atom is 0.243 e. The number of rotatable bonds is 5. The summed E-state index contributed by atoms with van der Waals surface area (Å²) in [6.07, 6.45) is 2.03. The Morgan fingerprint density at radius 2 is 1.96 bits per heavy atom. The molecule has 1 aliphatic rings. The van der Waals surface area contributed by atoms with Gasteiger partial charge in [-0.05, 0) is 31.5 Å². The molecule has 0 radical (unpaired) electrons. The molecule has 1 fully saturated rings. The normalized spacial score (nSPS) is 18.5. The van der Waals surface area contributed by atoms with Gasteiger partial charge in [-0.3, -0.25) is 4.79 Å². The van der Waals surface area contributed by atoms with Gasteiger partial charge in [-0.2, -0.15) is 4.31 Å². The molecule has 1 unspecified atom stereocenters. The third kappa shape index (κ3) is 3.47. The number of hydrogen-bond donors (Lipinski definition) is 0. The van der Waals surface area contributed by atoms with Gasteiger partial charge in [-0.15, -0.1) is 0 Å². The summed E-state index contributed by atoms with van der Waals surface area (Å²) in [6, 6.07) is 11.4. The van der Waals surface area contributed by atoms with Crippen molar-refractivity contribution in [1.82, 2.24) is 9.29 Å². The molecule has 24 heavy (non-hydrogen) atoms. The molecule has 0 saturated carbocycles. The molecule has 1 aliphatic heterocycles. The van der Waals surface area contributed by atoms with Crippen LogP contribution in [0.25, 0.3) is 0 Å². The van der Waals surface area contributed by atoms with Gasteiger partial charge >= 0.3 is 0 Å². The predicted molar refractivity (Wildman–Crippen MR) is 88.5 cm³/mol. The summed E-state index contributed by atoms with van der Waals surface area (Å²) < 4.78 is 32.5. The van der Waals surface area contributed by atoms with E-state index >= 15 is 0 Å². The van der Waals surface area contributed by atoms with Crippen LogP contribution in [0, 0.1) is 0 Å². The number of aromatic nitrogens is 1. The van der Waals surface area contributed by atoms with Crippen LogP contribution >= 0.6 is 0 Å². The number of benzene rings is 1. The van der Waals surface area contributed by atoms with Gasteiger partial charge in [-0.25, -0.2) is 13.4 Å². The lowest BCUT2D eigenvalue weighted by atomic mass is 10.2. The summed E-state index contributed by atoms with van der Waals surface area (Å²) >= 11 is 0. The first-order valence-corrected chi connectivity index (χ1v) is 9.09. The van der Waals surface area contributed by atoms with Crippen LogP contribution in [0.2, 0.25) is 0 Å². The van der Waals surface area contributed by atoms with Crippen molar-refractivity contribution in [2.24, 2.45) is 0 Å². The molecule has 0 spiro atoms. The second-order valence-electron chi connectivity index (χ2n) is 5.64. The molecular formula is C17H18N2O4S. The summed E-state index contributed by atoms with van der Waals surface area (Å²) in [5.74, 6) is 0.400. The SMILES string of the molecule is CC(=O)c1ccc(S(=O)(=O)N2CCC(Oc3ccccn3)C2)cc1. The predicted octanol–water partition coefficient (Wildman–Crippen LogP) is 2.13. The van der Waals surface area contributed by atoms with Crippen LogP contribution in [0.1, 0.15) is 23.7 Å². The van der Waals surface area contributed by atoms with Crippen LogP contribution < -0.4 is 4.74 Å². The molecule has 3 rings (SSSR count). The Balaban J connectivity index is 1.71. The first-order valence-electron chi connectivity index (χ1n) is 7.65. The zero-order valence-electron chi connectivity index (χ0n) is 13.3. The zero-order chi connectivity index (χ0) is 17.2. The highest BCUT2D eigenvalue weighted by Crippen LogP contribution is 2.23. The summed E-state index contributed by atoms with van der Waals surface area (Å²) in [5.41, 5.74) is 0.492. The summed E-state index contributed by atoms with van der Waals surface area (Å²) in [6.45, 7) is 2.13. The lowest BCUT2D eigenvalue weighted by Gasteiger charge is -2.17. The number of ether oxygens (including phenoxy) is 1. The Morgan fingerprint density at radius 3 is 2.58 bits per heavy atom. The van der Waals surface area contributed by atoms with Crippen molar-refractivity contribution in [3.8, 4) is 5.88 Å². The first-order chi connectivity index (χ1) is 11.5. The fourth-order valence-electron chi connectivity index (χ4n) is 2.61. The van der Waals surface area contributed by atoms with E-state index in [0.717, 1.165) is 0 Å². The Labute approximate surface area is 141 Å². The molecule has 1 aromatic carbocycles. The largest absolute Gasteiger partial charge is 0.473 e. The molecule has 0 bridgehead atoms. The van der Waals surface area contributed by atoms with Gasteiger partial charge in [0.15, 0.2) is 5.78 Å². The standard InChI is InChI=1S/C17H18N2O4S/c1-13(20)14-5-7-16(8-6-14)24(21,22)19-11-9-15(12-19)23-17-4-2-3-10-18-17/h2-8,10,15H,9,11-12H2,1H3. The second kappa shape index (κ2) is 6.70. The Hall–Kier alpha value is -2.25. The Kier molecular flexibility index (Phi) is 4.64. The van der Waals surface area contributed by atoms with E-state index in [2.05, 4.69) is 4.98 Å². The molecule has 1 saturated heterocycles. The van der Waals surface area contributed by atoms with Crippen LogP contribution in [-0.2, 0) is 10.0 Å². The Bertz CT molecular complexity index is 819. The van der Waals surface area contributed by atoms with E-state index in [1.165, 1.54) is 35.5 Å². The van der Waals surface area contributed by atoms with Crippen molar-refractivity contribution in [2.45, 2.75) is 24.3 Å². The topological polar surface area (TPSA) is 76.6 Å². The molecule has 6 nitrogen and oxygen atoms in total. The molecule has 7 heteroatoms. The molecule has 1 aromatic heterocycles. The van der Waals surface area contributed by atoms with E-state index in [4.69, 9.17) is 4.74 Å². The summed E-state index contributed by atoms with van der Waals surface area (Å²) in [5, 5.41) is 0. The number of carbonyl (C=O) groups excluding carboxylic acids is 1. The summed E-state index contributed by atoms with van der Waals surface area (Å²) in [4.78, 5) is 15.6. The van der Waals surface area contributed by atoms with E-state index in [-0.39, 0.29) is 23.3 Å². The maximum atomic E-state index is 12.7. The minimum atomic E-state index is -3.58. The smallest absolute Gasteiger partial charge is 0.243 e. The average Bonchev–Trinajstić information content (AvgIpc) is 3.05. The van der Waals surface area contributed by atoms with Gasteiger partial charge in [0.2, 0.25) is 15.9 Å². The van der Waals surface area contributed by atoms with Crippen molar-refractivity contribution in [1.29, 1.82) is 0 Å². The number of pyridine rings is 1. The van der Waals surface area contributed by atoms with Crippen LogP contribution in [0.5, 0.6) is 5.88 Å². The van der Waals surface area contributed by atoms with Crippen molar-refractivity contribution in [3.63, 3.8) is 0 Å². The molecule has 0 aliphatic carbocycles. The molecular weight excluding hydrogens is 328 g/mol. The van der Waals surface area contributed by atoms with E-state index < -0.39 is 10.0 Å². The van der Waals surface area contributed by atoms with Gasteiger partial charge in [0, 0.05) is 24.4 Å². The quantitative estimate of drug-likeness (QED) is 0.775. The molecule has 2 aromatic rings. The first kappa shape index (κ1) is 16.6. The van der Waals surface area contributed by atoms with E-state index in [1.807, 2.05) is 6.07 Å². The van der Waals surface area contributed by atoms with Crippen LogP contribution in [0.15, 0.2) is 53.6 Å². The number of carbonyl (C=O) groups is 1. The number of hydrogen-bond acceptors (Lipinski definition) is 5. The van der Waals surface area contributed by atoms with Crippen LogP contribution in [0.4, 0.5) is 0 Å². The minimum Gasteiger partial charge on any atom is -0.473 e. The lowest BCUT2D eigenvalue weighted by Crippen LogP contribution is -2.31. The third-order valence-electron chi connectivity index (χ3n) is 3.93. The molecule has 126 valence electrons. The van der Waals surface area contributed by atoms with Crippen LogP contribution in [0.3, 0.4) is 0 Å².